The zero-order chi connectivity index (χ0) is 15.6. The van der Waals surface area contributed by atoms with E-state index >= 15 is 0 Å². The first kappa shape index (κ1) is 14.9. The van der Waals surface area contributed by atoms with E-state index in [1.165, 1.54) is 6.92 Å². The van der Waals surface area contributed by atoms with Crippen molar-refractivity contribution < 1.29 is 18.7 Å². The molecule has 6 nitrogen and oxygen atoms in total. The number of esters is 1. The average molecular weight is 290 g/mol. The van der Waals surface area contributed by atoms with Crippen LogP contribution in [0, 0.1) is 13.8 Å². The fourth-order valence-corrected chi connectivity index (χ4v) is 2.09. The van der Waals surface area contributed by atoms with Crippen LogP contribution in [-0.4, -0.2) is 22.5 Å². The van der Waals surface area contributed by atoms with Crippen molar-refractivity contribution in [1.82, 2.24) is 4.57 Å². The zero-order valence-electron chi connectivity index (χ0n) is 12.3. The summed E-state index contributed by atoms with van der Waals surface area (Å²) in [4.78, 5) is 23.0. The minimum absolute atomic E-state index is 0.423. The molecule has 112 valence electrons. The van der Waals surface area contributed by atoms with Crippen LogP contribution >= 0.6 is 0 Å². The van der Waals surface area contributed by atoms with Crippen LogP contribution in [0.1, 0.15) is 34.4 Å². The van der Waals surface area contributed by atoms with Crippen molar-refractivity contribution >= 4 is 11.9 Å². The number of nitrogens with zero attached hydrogens (tertiary/aromatic N) is 1. The molecule has 0 radical (unpaired) electrons. The molecule has 2 aromatic rings. The molecule has 0 bridgehead atoms. The number of carbonyl (C=O) groups excluding carboxylic acids is 2. The highest BCUT2D eigenvalue weighted by atomic mass is 16.5. The number of carbonyl (C=O) groups is 2. The standard InChI is InChI=1S/C15H18N2O4/c1-9-7-13(15(19)21-11(3)14(16)18)10(2)17(9)8-12-5-4-6-20-12/h4-7,11H,8H2,1-3H3,(H2,16,18)/t11-/m1/s1. The van der Waals surface area contributed by atoms with Gasteiger partial charge < -0.3 is 19.5 Å². The van der Waals surface area contributed by atoms with Gasteiger partial charge in [0, 0.05) is 11.4 Å². The molecule has 0 aromatic carbocycles. The van der Waals surface area contributed by atoms with Gasteiger partial charge >= 0.3 is 5.97 Å². The number of nitrogens with two attached hydrogens (primary N) is 1. The Hall–Kier alpha value is -2.50. The topological polar surface area (TPSA) is 87.5 Å². The van der Waals surface area contributed by atoms with Crippen molar-refractivity contribution in [3.8, 4) is 0 Å². The molecular weight excluding hydrogens is 272 g/mol. The maximum atomic E-state index is 12.1. The van der Waals surface area contributed by atoms with E-state index in [2.05, 4.69) is 0 Å². The number of hydrogen-bond acceptors (Lipinski definition) is 4. The van der Waals surface area contributed by atoms with E-state index < -0.39 is 18.0 Å². The molecule has 2 N–H and O–H groups in total. The van der Waals surface area contributed by atoms with E-state index in [1.807, 2.05) is 30.5 Å². The summed E-state index contributed by atoms with van der Waals surface area (Å²) >= 11 is 0. The van der Waals surface area contributed by atoms with E-state index in [0.717, 1.165) is 17.1 Å². The molecule has 2 heterocycles. The number of ether oxygens (including phenoxy) is 1. The number of rotatable bonds is 5. The maximum Gasteiger partial charge on any atom is 0.340 e. The summed E-state index contributed by atoms with van der Waals surface area (Å²) in [6.45, 7) is 5.69. The van der Waals surface area contributed by atoms with Crippen molar-refractivity contribution in [2.75, 3.05) is 0 Å². The first-order valence-electron chi connectivity index (χ1n) is 6.59. The Kier molecular flexibility index (Phi) is 4.16. The zero-order valence-corrected chi connectivity index (χ0v) is 12.3. The molecule has 0 aliphatic rings. The van der Waals surface area contributed by atoms with Crippen LogP contribution in [0.15, 0.2) is 28.9 Å². The smallest absolute Gasteiger partial charge is 0.340 e. The summed E-state index contributed by atoms with van der Waals surface area (Å²) in [5.74, 6) is -0.435. The summed E-state index contributed by atoms with van der Waals surface area (Å²) in [6, 6.07) is 5.41. The van der Waals surface area contributed by atoms with Crippen molar-refractivity contribution in [2.45, 2.75) is 33.4 Å². The Morgan fingerprint density at radius 2 is 2.14 bits per heavy atom. The quantitative estimate of drug-likeness (QED) is 0.850. The van der Waals surface area contributed by atoms with Crippen molar-refractivity contribution in [1.29, 1.82) is 0 Å². The maximum absolute atomic E-state index is 12.1. The SMILES string of the molecule is Cc1cc(C(=O)O[C@H](C)C(N)=O)c(C)n1Cc1ccco1. The molecule has 1 atom stereocenters. The molecule has 21 heavy (non-hydrogen) atoms. The summed E-state index contributed by atoms with van der Waals surface area (Å²) in [7, 11) is 0. The van der Waals surface area contributed by atoms with Crippen LogP contribution in [0.25, 0.3) is 0 Å². The van der Waals surface area contributed by atoms with Gasteiger partial charge in [-0.2, -0.15) is 0 Å². The van der Waals surface area contributed by atoms with Crippen LogP contribution in [0.4, 0.5) is 0 Å². The van der Waals surface area contributed by atoms with Crippen LogP contribution in [0.2, 0.25) is 0 Å². The van der Waals surface area contributed by atoms with Gasteiger partial charge in [0.25, 0.3) is 5.91 Å². The molecule has 2 rings (SSSR count). The molecule has 0 unspecified atom stereocenters. The highest BCUT2D eigenvalue weighted by Gasteiger charge is 2.21. The molecule has 1 amide bonds. The second kappa shape index (κ2) is 5.87. The third kappa shape index (κ3) is 3.16. The van der Waals surface area contributed by atoms with Gasteiger partial charge in [0.15, 0.2) is 6.10 Å². The molecule has 0 aliphatic carbocycles. The summed E-state index contributed by atoms with van der Waals surface area (Å²) < 4.78 is 12.3. The summed E-state index contributed by atoms with van der Waals surface area (Å²) in [5, 5.41) is 0. The number of primary amides is 1. The number of aryl methyl sites for hydroxylation is 1. The fraction of sp³-hybridized carbons (Fsp3) is 0.333. The Morgan fingerprint density at radius 3 is 2.71 bits per heavy atom. The minimum Gasteiger partial charge on any atom is -0.467 e. The lowest BCUT2D eigenvalue weighted by atomic mass is 10.2. The number of furan rings is 1. The highest BCUT2D eigenvalue weighted by molar-refractivity contribution is 5.93. The molecule has 0 saturated carbocycles. The Bertz CT molecular complexity index is 656. The van der Waals surface area contributed by atoms with E-state index in [9.17, 15) is 9.59 Å². The molecule has 0 fully saturated rings. The molecule has 2 aromatic heterocycles. The van der Waals surface area contributed by atoms with E-state index in [-0.39, 0.29) is 0 Å². The van der Waals surface area contributed by atoms with Gasteiger partial charge in [0.2, 0.25) is 0 Å². The molecular formula is C15H18N2O4. The lowest BCUT2D eigenvalue weighted by molar-refractivity contribution is -0.125. The van der Waals surface area contributed by atoms with Crippen LogP contribution < -0.4 is 5.73 Å². The minimum atomic E-state index is -0.953. The lowest BCUT2D eigenvalue weighted by Gasteiger charge is -2.10. The van der Waals surface area contributed by atoms with Gasteiger partial charge in [-0.3, -0.25) is 4.79 Å². The van der Waals surface area contributed by atoms with Crippen molar-refractivity contribution in [2.24, 2.45) is 5.73 Å². The van der Waals surface area contributed by atoms with Crippen molar-refractivity contribution in [3.63, 3.8) is 0 Å². The van der Waals surface area contributed by atoms with Crippen LogP contribution in [0.3, 0.4) is 0 Å². The second-order valence-electron chi connectivity index (χ2n) is 4.90. The Balaban J connectivity index is 2.22. The summed E-state index contributed by atoms with van der Waals surface area (Å²) in [6.07, 6.45) is 0.651. The van der Waals surface area contributed by atoms with Gasteiger partial charge in [-0.05, 0) is 39.0 Å². The molecule has 6 heteroatoms. The van der Waals surface area contributed by atoms with Gasteiger partial charge in [0.1, 0.15) is 5.76 Å². The third-order valence-electron chi connectivity index (χ3n) is 3.37. The van der Waals surface area contributed by atoms with Crippen LogP contribution in [-0.2, 0) is 16.1 Å². The van der Waals surface area contributed by atoms with Gasteiger partial charge in [-0.1, -0.05) is 0 Å². The lowest BCUT2D eigenvalue weighted by Crippen LogP contribution is -2.30. The predicted octanol–water partition coefficient (Wildman–Crippen LogP) is 1.78. The van der Waals surface area contributed by atoms with Gasteiger partial charge in [0.05, 0.1) is 18.4 Å². The first-order valence-corrected chi connectivity index (χ1v) is 6.59. The molecule has 0 saturated heterocycles. The normalized spacial score (nSPS) is 12.1. The highest BCUT2D eigenvalue weighted by Crippen LogP contribution is 2.18. The van der Waals surface area contributed by atoms with Crippen LogP contribution in [0.5, 0.6) is 0 Å². The Morgan fingerprint density at radius 1 is 1.43 bits per heavy atom. The number of hydrogen-bond donors (Lipinski definition) is 1. The average Bonchev–Trinajstić information content (AvgIpc) is 3.02. The summed E-state index contributed by atoms with van der Waals surface area (Å²) in [5.41, 5.74) is 7.18. The monoisotopic (exact) mass is 290 g/mol. The van der Waals surface area contributed by atoms with E-state index in [4.69, 9.17) is 14.9 Å². The first-order chi connectivity index (χ1) is 9.90. The largest absolute Gasteiger partial charge is 0.467 e. The number of amides is 1. The molecule has 0 spiro atoms. The van der Waals surface area contributed by atoms with Gasteiger partial charge in [-0.15, -0.1) is 0 Å². The fourth-order valence-electron chi connectivity index (χ4n) is 2.09. The second-order valence-corrected chi connectivity index (χ2v) is 4.90. The Labute approximate surface area is 122 Å². The van der Waals surface area contributed by atoms with E-state index in [0.29, 0.717) is 12.1 Å². The van der Waals surface area contributed by atoms with Crippen molar-refractivity contribution in [3.05, 3.63) is 47.2 Å². The van der Waals surface area contributed by atoms with Gasteiger partial charge in [-0.25, -0.2) is 4.79 Å². The predicted molar refractivity (Wildman–Crippen MR) is 75.8 cm³/mol. The van der Waals surface area contributed by atoms with E-state index in [1.54, 1.807) is 12.3 Å². The molecule has 0 aliphatic heterocycles. The third-order valence-corrected chi connectivity index (χ3v) is 3.37. The number of aromatic nitrogens is 1.